The van der Waals surface area contributed by atoms with Crippen LogP contribution in [-0.4, -0.2) is 38.0 Å². The van der Waals surface area contributed by atoms with Gasteiger partial charge in [-0.2, -0.15) is 0 Å². The van der Waals surface area contributed by atoms with Crippen molar-refractivity contribution in [2.45, 2.75) is 17.3 Å². The molecule has 26 heavy (non-hydrogen) atoms. The standard InChI is InChI=1S/C18H19N5O2S/c1-12(17(24)20-14-4-6-15(25-3)7-5-14)26-18-22-21-16(23(18)2)13-8-10-19-11-9-13/h4-12H,1-3H3,(H,20,24). The summed E-state index contributed by atoms with van der Waals surface area (Å²) < 4.78 is 6.99. The Kier molecular flexibility index (Phi) is 5.52. The minimum absolute atomic E-state index is 0.103. The fourth-order valence-electron chi connectivity index (χ4n) is 2.30. The Morgan fingerprint density at radius 1 is 1.15 bits per heavy atom. The Morgan fingerprint density at radius 3 is 2.50 bits per heavy atom. The number of nitrogens with one attached hydrogen (secondary N) is 1. The number of carbonyl (C=O) groups is 1. The third-order valence-corrected chi connectivity index (χ3v) is 4.92. The molecule has 0 saturated carbocycles. The Bertz CT molecular complexity index is 880. The lowest BCUT2D eigenvalue weighted by Gasteiger charge is -2.12. The van der Waals surface area contributed by atoms with Crippen molar-refractivity contribution in [3.8, 4) is 17.1 Å². The Morgan fingerprint density at radius 2 is 1.85 bits per heavy atom. The van der Waals surface area contributed by atoms with E-state index in [0.29, 0.717) is 5.16 Å². The van der Waals surface area contributed by atoms with E-state index in [9.17, 15) is 4.79 Å². The molecule has 3 aromatic rings. The number of hydrogen-bond donors (Lipinski definition) is 1. The number of hydrogen-bond acceptors (Lipinski definition) is 6. The van der Waals surface area contributed by atoms with Crippen LogP contribution in [0.25, 0.3) is 11.4 Å². The van der Waals surface area contributed by atoms with E-state index in [0.717, 1.165) is 22.8 Å². The minimum Gasteiger partial charge on any atom is -0.497 e. The molecule has 0 radical (unpaired) electrons. The molecule has 0 aliphatic carbocycles. The maximum Gasteiger partial charge on any atom is 0.237 e. The first kappa shape index (κ1) is 17.9. The second-order valence-electron chi connectivity index (χ2n) is 5.58. The van der Waals surface area contributed by atoms with Crippen LogP contribution < -0.4 is 10.1 Å². The van der Waals surface area contributed by atoms with Crippen LogP contribution in [0.3, 0.4) is 0 Å². The molecule has 0 saturated heterocycles. The number of methoxy groups -OCH3 is 1. The van der Waals surface area contributed by atoms with Gasteiger partial charge in [-0.05, 0) is 43.3 Å². The smallest absolute Gasteiger partial charge is 0.237 e. The number of carbonyl (C=O) groups excluding carboxylic acids is 1. The molecular weight excluding hydrogens is 350 g/mol. The number of thioether (sulfide) groups is 1. The Balaban J connectivity index is 1.66. The second-order valence-corrected chi connectivity index (χ2v) is 6.89. The predicted molar refractivity (Wildman–Crippen MR) is 101 cm³/mol. The molecular formula is C18H19N5O2S. The van der Waals surface area contributed by atoms with E-state index < -0.39 is 0 Å². The molecule has 7 nitrogen and oxygen atoms in total. The average Bonchev–Trinajstić information content (AvgIpc) is 3.03. The first-order valence-corrected chi connectivity index (χ1v) is 8.88. The van der Waals surface area contributed by atoms with Gasteiger partial charge in [0.25, 0.3) is 0 Å². The Labute approximate surface area is 155 Å². The third kappa shape index (κ3) is 4.02. The summed E-state index contributed by atoms with van der Waals surface area (Å²) in [5.74, 6) is 1.37. The highest BCUT2D eigenvalue weighted by molar-refractivity contribution is 8.00. The monoisotopic (exact) mass is 369 g/mol. The van der Waals surface area contributed by atoms with Gasteiger partial charge in [0, 0.05) is 30.7 Å². The lowest BCUT2D eigenvalue weighted by Crippen LogP contribution is -2.22. The van der Waals surface area contributed by atoms with Gasteiger partial charge in [0.15, 0.2) is 11.0 Å². The number of pyridine rings is 1. The second kappa shape index (κ2) is 8.01. The van der Waals surface area contributed by atoms with Crippen molar-refractivity contribution >= 4 is 23.4 Å². The highest BCUT2D eigenvalue weighted by Crippen LogP contribution is 2.26. The topological polar surface area (TPSA) is 81.9 Å². The molecule has 3 rings (SSSR count). The third-order valence-electron chi connectivity index (χ3n) is 3.78. The van der Waals surface area contributed by atoms with Gasteiger partial charge in [-0.1, -0.05) is 11.8 Å². The summed E-state index contributed by atoms with van der Waals surface area (Å²) in [6.45, 7) is 1.84. The van der Waals surface area contributed by atoms with Gasteiger partial charge in [-0.3, -0.25) is 9.78 Å². The molecule has 134 valence electrons. The van der Waals surface area contributed by atoms with Gasteiger partial charge < -0.3 is 14.6 Å². The fourth-order valence-corrected chi connectivity index (χ4v) is 3.11. The van der Waals surface area contributed by atoms with Crippen LogP contribution in [0.15, 0.2) is 53.9 Å². The van der Waals surface area contributed by atoms with Crippen molar-refractivity contribution < 1.29 is 9.53 Å². The van der Waals surface area contributed by atoms with Crippen LogP contribution in [0.2, 0.25) is 0 Å². The van der Waals surface area contributed by atoms with Gasteiger partial charge in [-0.25, -0.2) is 0 Å². The molecule has 0 fully saturated rings. The van der Waals surface area contributed by atoms with E-state index in [4.69, 9.17) is 4.74 Å². The van der Waals surface area contributed by atoms with Crippen molar-refractivity contribution in [3.63, 3.8) is 0 Å². The van der Waals surface area contributed by atoms with Crippen LogP contribution in [0, 0.1) is 0 Å². The minimum atomic E-state index is -0.328. The zero-order valence-electron chi connectivity index (χ0n) is 14.7. The lowest BCUT2D eigenvalue weighted by molar-refractivity contribution is -0.115. The van der Waals surface area contributed by atoms with Crippen LogP contribution in [0.4, 0.5) is 5.69 Å². The SMILES string of the molecule is COc1ccc(NC(=O)C(C)Sc2nnc(-c3ccncc3)n2C)cc1. The van der Waals surface area contributed by atoms with Gasteiger partial charge in [-0.15, -0.1) is 10.2 Å². The van der Waals surface area contributed by atoms with Gasteiger partial charge in [0.1, 0.15) is 5.75 Å². The maximum atomic E-state index is 12.4. The summed E-state index contributed by atoms with van der Waals surface area (Å²) in [7, 11) is 3.49. The fraction of sp³-hybridized carbons (Fsp3) is 0.222. The molecule has 0 aliphatic rings. The lowest BCUT2D eigenvalue weighted by atomic mass is 10.2. The van der Waals surface area contributed by atoms with Gasteiger partial charge in [0.2, 0.25) is 5.91 Å². The molecule has 0 spiro atoms. The molecule has 0 bridgehead atoms. The average molecular weight is 369 g/mol. The van der Waals surface area contributed by atoms with E-state index in [1.54, 1.807) is 43.8 Å². The molecule has 8 heteroatoms. The molecule has 1 unspecified atom stereocenters. The normalized spacial score (nSPS) is 11.8. The maximum absolute atomic E-state index is 12.4. The van der Waals surface area contributed by atoms with Crippen molar-refractivity contribution in [2.75, 3.05) is 12.4 Å². The number of aromatic nitrogens is 4. The quantitative estimate of drug-likeness (QED) is 0.673. The molecule has 1 atom stereocenters. The Hall–Kier alpha value is -2.87. The summed E-state index contributed by atoms with van der Waals surface area (Å²) in [5.41, 5.74) is 1.65. The van der Waals surface area contributed by atoms with Crippen molar-refractivity contribution in [1.82, 2.24) is 19.7 Å². The summed E-state index contributed by atoms with van der Waals surface area (Å²) in [6.07, 6.45) is 3.42. The van der Waals surface area contributed by atoms with E-state index in [1.807, 2.05) is 30.7 Å². The van der Waals surface area contributed by atoms with Gasteiger partial charge in [0.05, 0.1) is 12.4 Å². The molecule has 0 aliphatic heterocycles. The molecule has 2 aromatic heterocycles. The molecule has 2 heterocycles. The first-order chi connectivity index (χ1) is 12.6. The first-order valence-electron chi connectivity index (χ1n) is 8.00. The van der Waals surface area contributed by atoms with Crippen LogP contribution >= 0.6 is 11.8 Å². The van der Waals surface area contributed by atoms with E-state index in [2.05, 4.69) is 20.5 Å². The highest BCUT2D eigenvalue weighted by Gasteiger charge is 2.19. The van der Waals surface area contributed by atoms with Crippen molar-refractivity contribution in [2.24, 2.45) is 7.05 Å². The summed E-state index contributed by atoms with van der Waals surface area (Å²) in [6, 6.07) is 11.0. The van der Waals surface area contributed by atoms with E-state index in [1.165, 1.54) is 11.8 Å². The summed E-state index contributed by atoms with van der Waals surface area (Å²) >= 11 is 1.36. The number of ether oxygens (including phenoxy) is 1. The van der Waals surface area contributed by atoms with Crippen molar-refractivity contribution in [3.05, 3.63) is 48.8 Å². The molecule has 1 amide bonds. The molecule has 1 N–H and O–H groups in total. The van der Waals surface area contributed by atoms with Crippen LogP contribution in [-0.2, 0) is 11.8 Å². The largest absolute Gasteiger partial charge is 0.497 e. The highest BCUT2D eigenvalue weighted by atomic mass is 32.2. The van der Waals surface area contributed by atoms with Gasteiger partial charge >= 0.3 is 0 Å². The number of amides is 1. The number of benzene rings is 1. The number of nitrogens with zero attached hydrogens (tertiary/aromatic N) is 4. The molecule has 1 aromatic carbocycles. The summed E-state index contributed by atoms with van der Waals surface area (Å²) in [5, 5.41) is 11.7. The predicted octanol–water partition coefficient (Wildman–Crippen LogP) is 3.01. The zero-order chi connectivity index (χ0) is 18.5. The van der Waals surface area contributed by atoms with E-state index in [-0.39, 0.29) is 11.2 Å². The zero-order valence-corrected chi connectivity index (χ0v) is 15.5. The summed E-state index contributed by atoms with van der Waals surface area (Å²) in [4.78, 5) is 16.4. The number of anilines is 1. The van der Waals surface area contributed by atoms with Crippen LogP contribution in [0.5, 0.6) is 5.75 Å². The van der Waals surface area contributed by atoms with Crippen molar-refractivity contribution in [1.29, 1.82) is 0 Å². The van der Waals surface area contributed by atoms with E-state index >= 15 is 0 Å². The number of rotatable bonds is 6. The van der Waals surface area contributed by atoms with Crippen LogP contribution in [0.1, 0.15) is 6.92 Å².